The molecule has 0 radical (unpaired) electrons. The van der Waals surface area contributed by atoms with Crippen molar-refractivity contribution in [1.29, 1.82) is 0 Å². The van der Waals surface area contributed by atoms with Gasteiger partial charge in [-0.2, -0.15) is 4.90 Å². The average molecular weight is 1070 g/mol. The molecule has 11 rings (SSSR count). The third kappa shape index (κ3) is 7.78. The maximum absolute atomic E-state index is 6.69. The van der Waals surface area contributed by atoms with Gasteiger partial charge in [-0.1, -0.05) is 180 Å². The zero-order valence-corrected chi connectivity index (χ0v) is 41.7. The van der Waals surface area contributed by atoms with E-state index in [1.165, 1.54) is 16.7 Å². The van der Waals surface area contributed by atoms with Crippen LogP contribution >= 0.6 is 0 Å². The summed E-state index contributed by atoms with van der Waals surface area (Å²) in [5.41, 5.74) is 17.8. The summed E-state index contributed by atoms with van der Waals surface area (Å²) < 4.78 is 9.03. The number of benzene rings is 8. The van der Waals surface area contributed by atoms with E-state index >= 15 is 0 Å². The number of para-hydroxylation sites is 2. The van der Waals surface area contributed by atoms with Crippen molar-refractivity contribution in [2.24, 2.45) is 0 Å². The summed E-state index contributed by atoms with van der Waals surface area (Å²) in [6.07, 6.45) is 1.92. The number of imidazole rings is 1. The van der Waals surface area contributed by atoms with Gasteiger partial charge in [-0.3, -0.25) is 9.97 Å². The standard InChI is InChI=1S/C61H50N3OS.Pt/c1-37-29-30-62-56-48(37)35-44(61(5,6)7)36-50(56)41-31-40(38-17-10-8-11-18-38)32-42(33-41)59-63-57-47(55-54(66)28-26-46-45-21-14-15-24-53(45)65-58(46)55)22-16-23-52(57)64(59)51-27-25-43(60(2,3)4)34-49(51)39-19-12-9-13-20-39;/h8-32,34-36,66H,1-7H3;/q-1;+2/p-1. The molecule has 67 heavy (non-hydrogen) atoms. The molecule has 0 bridgehead atoms. The molecule has 4 nitrogen and oxygen atoms in total. The minimum absolute atomic E-state index is 0. The second-order valence-electron chi connectivity index (χ2n) is 19.6. The zero-order chi connectivity index (χ0) is 45.5. The van der Waals surface area contributed by atoms with Crippen molar-refractivity contribution in [2.45, 2.75) is 64.2 Å². The maximum atomic E-state index is 6.69. The fourth-order valence-corrected chi connectivity index (χ4v) is 9.73. The Hall–Kier alpha value is -6.65. The van der Waals surface area contributed by atoms with E-state index in [-0.39, 0.29) is 31.9 Å². The number of hydrogen-bond acceptors (Lipinski definition) is 4. The monoisotopic (exact) mass is 1070 g/mol. The smallest absolute Gasteiger partial charge is 0.779 e. The maximum Gasteiger partial charge on any atom is 2.00 e. The molecule has 0 saturated heterocycles. The van der Waals surface area contributed by atoms with E-state index in [4.69, 9.17) is 27.0 Å². The Bertz CT molecular complexity index is 3690. The quantitative estimate of drug-likeness (QED) is 0.123. The summed E-state index contributed by atoms with van der Waals surface area (Å²) in [5, 5.41) is 3.22. The van der Waals surface area contributed by atoms with E-state index < -0.39 is 0 Å². The van der Waals surface area contributed by atoms with Crippen molar-refractivity contribution >= 4 is 56.5 Å². The predicted molar refractivity (Wildman–Crippen MR) is 277 cm³/mol. The molecule has 0 aliphatic heterocycles. The molecule has 0 spiro atoms. The van der Waals surface area contributed by atoms with E-state index in [9.17, 15) is 0 Å². The molecule has 0 aliphatic carbocycles. The number of pyridine rings is 1. The summed E-state index contributed by atoms with van der Waals surface area (Å²) in [6, 6.07) is 62.2. The van der Waals surface area contributed by atoms with E-state index in [2.05, 4.69) is 205 Å². The van der Waals surface area contributed by atoms with Gasteiger partial charge < -0.3 is 21.6 Å². The number of aromatic nitrogens is 3. The minimum atomic E-state index is -0.102. The van der Waals surface area contributed by atoms with Crippen LogP contribution < -0.4 is 0 Å². The van der Waals surface area contributed by atoms with Crippen LogP contribution in [0.25, 0.3) is 105 Å². The van der Waals surface area contributed by atoms with Crippen molar-refractivity contribution in [3.05, 3.63) is 193 Å². The number of fused-ring (bicyclic) bond motifs is 5. The van der Waals surface area contributed by atoms with Crippen LogP contribution in [0.15, 0.2) is 179 Å². The summed E-state index contributed by atoms with van der Waals surface area (Å²) in [6.45, 7) is 15.8. The largest absolute Gasteiger partial charge is 2.00 e. The van der Waals surface area contributed by atoms with Crippen LogP contribution in [0.5, 0.6) is 0 Å². The van der Waals surface area contributed by atoms with Gasteiger partial charge in [-0.15, -0.1) is 23.8 Å². The van der Waals surface area contributed by atoms with Crippen molar-refractivity contribution in [1.82, 2.24) is 14.5 Å². The Kier molecular flexibility index (Phi) is 11.1. The van der Waals surface area contributed by atoms with Crippen LogP contribution in [0.4, 0.5) is 0 Å². The Morgan fingerprint density at radius 1 is 0.552 bits per heavy atom. The number of nitrogens with zero attached hydrogens (tertiary/aromatic N) is 3. The van der Waals surface area contributed by atoms with Crippen LogP contribution in [-0.4, -0.2) is 14.5 Å². The predicted octanol–water partition coefficient (Wildman–Crippen LogP) is 16.4. The molecule has 0 saturated carbocycles. The van der Waals surface area contributed by atoms with Crippen LogP contribution in [0.3, 0.4) is 0 Å². The van der Waals surface area contributed by atoms with E-state index in [1.807, 2.05) is 24.4 Å². The van der Waals surface area contributed by atoms with Crippen LogP contribution in [0.1, 0.15) is 58.2 Å². The molecule has 0 atom stereocenters. The molecule has 3 aromatic heterocycles. The van der Waals surface area contributed by atoms with Crippen molar-refractivity contribution < 1.29 is 25.5 Å². The molecule has 11 aromatic rings. The Morgan fingerprint density at radius 2 is 1.24 bits per heavy atom. The van der Waals surface area contributed by atoms with Crippen LogP contribution in [-0.2, 0) is 44.5 Å². The number of hydrogen-bond donors (Lipinski definition) is 0. The second-order valence-corrected chi connectivity index (χ2v) is 20.0. The second kappa shape index (κ2) is 16.9. The van der Waals surface area contributed by atoms with Crippen molar-refractivity contribution in [2.75, 3.05) is 0 Å². The van der Waals surface area contributed by atoms with Gasteiger partial charge in [-0.05, 0) is 81.3 Å². The molecule has 0 aliphatic rings. The molecule has 0 N–H and O–H groups in total. The SMILES string of the molecule is Cc1ccnc2c(-c3[c-]c(-c4nc5c(-c6c([S-])ccc7c6oc6ccccc67)cccc5n4-c4ccc(C(C)(C)C)cc4-c4ccccc4)cc(-c4ccccc4)c3)cc(C(C)(C)C)cc12.[Pt+2]. The summed E-state index contributed by atoms with van der Waals surface area (Å²) in [4.78, 5) is 11.5. The van der Waals surface area contributed by atoms with Gasteiger partial charge in [-0.25, -0.2) is 0 Å². The van der Waals surface area contributed by atoms with Gasteiger partial charge in [0.1, 0.15) is 11.2 Å². The van der Waals surface area contributed by atoms with Crippen molar-refractivity contribution in [3.63, 3.8) is 0 Å². The first-order valence-electron chi connectivity index (χ1n) is 22.7. The molecule has 8 aromatic carbocycles. The minimum Gasteiger partial charge on any atom is -0.779 e. The molecule has 6 heteroatoms. The fraction of sp³-hybridized carbons (Fsp3) is 0.148. The van der Waals surface area contributed by atoms with Gasteiger partial charge >= 0.3 is 21.1 Å². The van der Waals surface area contributed by atoms with Gasteiger partial charge in [0.15, 0.2) is 0 Å². The number of aryl methyl sites for hydroxylation is 1. The molecule has 330 valence electrons. The number of furan rings is 1. The molecular formula is C61H49N3OPtS. The molecular weight excluding hydrogens is 1020 g/mol. The molecule has 0 amide bonds. The zero-order valence-electron chi connectivity index (χ0n) is 38.6. The topological polar surface area (TPSA) is 43.9 Å². The first-order chi connectivity index (χ1) is 31.8. The number of rotatable bonds is 6. The fourth-order valence-electron chi connectivity index (χ4n) is 9.46. The van der Waals surface area contributed by atoms with E-state index in [1.54, 1.807) is 0 Å². The first kappa shape index (κ1) is 44.2. The normalized spacial score (nSPS) is 12.0. The average Bonchev–Trinajstić information content (AvgIpc) is 3.90. The summed E-state index contributed by atoms with van der Waals surface area (Å²) in [5.74, 6) is 0.764. The van der Waals surface area contributed by atoms with E-state index in [0.717, 1.165) is 105 Å². The van der Waals surface area contributed by atoms with Gasteiger partial charge in [0.25, 0.3) is 0 Å². The molecule has 0 unspecified atom stereocenters. The van der Waals surface area contributed by atoms with Gasteiger partial charge in [0.2, 0.25) is 0 Å². The van der Waals surface area contributed by atoms with Crippen LogP contribution in [0, 0.1) is 13.0 Å². The van der Waals surface area contributed by atoms with Gasteiger partial charge in [0.05, 0.1) is 16.9 Å². The first-order valence-corrected chi connectivity index (χ1v) is 23.1. The summed E-state index contributed by atoms with van der Waals surface area (Å²) in [7, 11) is 0. The third-order valence-corrected chi connectivity index (χ3v) is 13.4. The molecule has 0 fully saturated rings. The Morgan fingerprint density at radius 3 is 1.99 bits per heavy atom. The van der Waals surface area contributed by atoms with E-state index in [0.29, 0.717) is 4.90 Å². The van der Waals surface area contributed by atoms with Gasteiger partial charge in [0, 0.05) is 44.9 Å². The molecule has 3 heterocycles. The Labute approximate surface area is 412 Å². The van der Waals surface area contributed by atoms with Crippen LogP contribution in [0.2, 0.25) is 0 Å². The van der Waals surface area contributed by atoms with Crippen molar-refractivity contribution in [3.8, 4) is 61.6 Å². The third-order valence-electron chi connectivity index (χ3n) is 13.1. The Balaban J connectivity index is 0.00000525. The summed E-state index contributed by atoms with van der Waals surface area (Å²) >= 11 is 6.21.